The summed E-state index contributed by atoms with van der Waals surface area (Å²) in [6.07, 6.45) is 15.2. The largest absolute Gasteiger partial charge is 0.288 e. The standard InChI is InChI=1S/C69H74O2S4/c1-11-12-13-14-45-17-23-48(24-18-45)49-25-19-46(20-26-49)15-16-47-21-33-53(34-22-47)72-57-41-42-58(73-54-35-27-50(28-36-54)67(2,3)4)62-61(57)65(70)63-59(74-55-37-29-51(30-38-55)68(5,6)7)43-44-60(64(63)66(62)71)75-56-39-31-52(32-40-56)69(8,9)10/h15-16,19-22,25-45,48H,11-14,17-18,23-24H2,1-10H3. The summed E-state index contributed by atoms with van der Waals surface area (Å²) in [5.41, 5.74) is 9.44. The number of rotatable bonds is 15. The third-order valence-corrected chi connectivity index (χ3v) is 19.3. The van der Waals surface area contributed by atoms with Gasteiger partial charge in [-0.3, -0.25) is 9.59 Å². The molecule has 0 atom stereocenters. The van der Waals surface area contributed by atoms with E-state index >= 15 is 9.59 Å². The lowest BCUT2D eigenvalue weighted by Gasteiger charge is -2.29. The van der Waals surface area contributed by atoms with E-state index in [1.807, 2.05) is 12.1 Å². The highest BCUT2D eigenvalue weighted by atomic mass is 32.2. The maximum atomic E-state index is 15.8. The maximum Gasteiger partial charge on any atom is 0.196 e. The van der Waals surface area contributed by atoms with E-state index in [0.717, 1.165) is 50.6 Å². The summed E-state index contributed by atoms with van der Waals surface area (Å²) in [6.45, 7) is 22.3. The Morgan fingerprint density at radius 1 is 0.400 bits per heavy atom. The molecule has 0 aliphatic heterocycles. The van der Waals surface area contributed by atoms with E-state index in [1.54, 1.807) is 47.0 Å². The zero-order chi connectivity index (χ0) is 53.1. The lowest BCUT2D eigenvalue weighted by molar-refractivity contribution is 0.0970. The third kappa shape index (κ3) is 13.2. The van der Waals surface area contributed by atoms with Gasteiger partial charge in [0.1, 0.15) is 0 Å². The number of hydrogen-bond donors (Lipinski definition) is 0. The maximum absolute atomic E-state index is 15.8. The molecule has 75 heavy (non-hydrogen) atoms. The molecule has 0 saturated heterocycles. The van der Waals surface area contributed by atoms with Crippen molar-refractivity contribution in [1.29, 1.82) is 0 Å². The minimum absolute atomic E-state index is 0.00560. The number of carbonyl (C=O) groups excluding carboxylic acids is 2. The first-order chi connectivity index (χ1) is 35.8. The molecular formula is C69H74O2S4. The number of carbonyl (C=O) groups is 2. The molecule has 2 aliphatic rings. The molecule has 2 aliphatic carbocycles. The van der Waals surface area contributed by atoms with Crippen molar-refractivity contribution in [1.82, 2.24) is 0 Å². The lowest BCUT2D eigenvalue weighted by Crippen LogP contribution is -2.24. The van der Waals surface area contributed by atoms with E-state index in [1.165, 1.54) is 79.2 Å². The SMILES string of the molecule is CCCCCC1CCC(c2ccc(C=Cc3ccc(Sc4ccc(Sc5ccc(C(C)(C)C)cc5)c5c4C(=O)c4c(Sc6ccc(C(C)(C)C)cc6)ccc(Sc6ccc(C(C)(C)C)cc6)c4C5=O)cc3)cc2)CC1. The van der Waals surface area contributed by atoms with Crippen molar-refractivity contribution in [3.63, 3.8) is 0 Å². The molecule has 1 fully saturated rings. The Morgan fingerprint density at radius 2 is 0.707 bits per heavy atom. The Balaban J connectivity index is 1.04. The molecule has 0 aromatic heterocycles. The zero-order valence-corrected chi connectivity index (χ0v) is 49.0. The summed E-state index contributed by atoms with van der Waals surface area (Å²) < 4.78 is 0. The van der Waals surface area contributed by atoms with Crippen molar-refractivity contribution in [2.45, 2.75) is 182 Å². The number of hydrogen-bond acceptors (Lipinski definition) is 6. The average Bonchev–Trinajstić information content (AvgIpc) is 3.39. The van der Waals surface area contributed by atoms with Crippen molar-refractivity contribution in [3.8, 4) is 0 Å². The topological polar surface area (TPSA) is 34.1 Å². The first-order valence-corrected chi connectivity index (χ1v) is 30.4. The molecule has 0 radical (unpaired) electrons. The van der Waals surface area contributed by atoms with E-state index in [9.17, 15) is 0 Å². The summed E-state index contributed by atoms with van der Waals surface area (Å²) in [5, 5.41) is 0. The number of benzene rings is 7. The number of unbranched alkanes of at least 4 members (excludes halogenated alkanes) is 2. The second-order valence-corrected chi connectivity index (χ2v) is 28.3. The second-order valence-electron chi connectivity index (χ2n) is 23.8. The van der Waals surface area contributed by atoms with Crippen LogP contribution in [0.5, 0.6) is 0 Å². The summed E-state index contributed by atoms with van der Waals surface area (Å²) in [4.78, 5) is 38.8. The van der Waals surface area contributed by atoms with Crippen LogP contribution in [-0.4, -0.2) is 11.6 Å². The first kappa shape index (κ1) is 54.8. The van der Waals surface area contributed by atoms with Crippen LogP contribution in [0.3, 0.4) is 0 Å². The molecule has 9 rings (SSSR count). The van der Waals surface area contributed by atoms with Gasteiger partial charge in [0.2, 0.25) is 0 Å². The van der Waals surface area contributed by atoms with Gasteiger partial charge < -0.3 is 0 Å². The summed E-state index contributed by atoms with van der Waals surface area (Å²) in [7, 11) is 0. The van der Waals surface area contributed by atoms with Gasteiger partial charge in [0.15, 0.2) is 11.6 Å². The van der Waals surface area contributed by atoms with Gasteiger partial charge >= 0.3 is 0 Å². The molecule has 6 heteroatoms. The Kier molecular flexibility index (Phi) is 17.0. The molecule has 0 heterocycles. The monoisotopic (exact) mass is 1060 g/mol. The molecule has 1 saturated carbocycles. The Morgan fingerprint density at radius 3 is 1.01 bits per heavy atom. The second kappa shape index (κ2) is 23.3. The molecular weight excluding hydrogens is 989 g/mol. The molecule has 0 amide bonds. The van der Waals surface area contributed by atoms with Gasteiger partial charge in [0.25, 0.3) is 0 Å². The zero-order valence-electron chi connectivity index (χ0n) is 45.8. The van der Waals surface area contributed by atoms with Crippen LogP contribution < -0.4 is 0 Å². The third-order valence-electron chi connectivity index (χ3n) is 15.1. The minimum Gasteiger partial charge on any atom is -0.288 e. The highest BCUT2D eigenvalue weighted by Gasteiger charge is 2.38. The smallest absolute Gasteiger partial charge is 0.196 e. The predicted molar refractivity (Wildman–Crippen MR) is 322 cm³/mol. The summed E-state index contributed by atoms with van der Waals surface area (Å²) in [5.74, 6) is 1.37. The van der Waals surface area contributed by atoms with Crippen molar-refractivity contribution >= 4 is 70.8 Å². The Bertz CT molecular complexity index is 3150. The van der Waals surface area contributed by atoms with Crippen LogP contribution in [0.25, 0.3) is 12.2 Å². The van der Waals surface area contributed by atoms with Crippen LogP contribution in [-0.2, 0) is 16.2 Å². The summed E-state index contributed by atoms with van der Waals surface area (Å²) in [6, 6.07) is 51.8. The molecule has 7 aromatic rings. The van der Waals surface area contributed by atoms with E-state index in [2.05, 4.69) is 215 Å². The molecule has 7 aromatic carbocycles. The fraction of sp³-hybridized carbons (Fsp3) is 0.333. The van der Waals surface area contributed by atoms with E-state index in [0.29, 0.717) is 28.2 Å². The quantitative estimate of drug-likeness (QED) is 0.0752. The van der Waals surface area contributed by atoms with Gasteiger partial charge in [-0.2, -0.15) is 0 Å². The Hall–Kier alpha value is -4.98. The van der Waals surface area contributed by atoms with Gasteiger partial charge in [-0.15, -0.1) is 0 Å². The molecule has 0 spiro atoms. The van der Waals surface area contributed by atoms with Crippen LogP contribution in [0.1, 0.15) is 192 Å². The highest BCUT2D eigenvalue weighted by molar-refractivity contribution is 8.00. The van der Waals surface area contributed by atoms with Crippen LogP contribution in [0, 0.1) is 5.92 Å². The lowest BCUT2D eigenvalue weighted by atomic mass is 9.77. The van der Waals surface area contributed by atoms with Crippen molar-refractivity contribution in [3.05, 3.63) is 201 Å². The molecule has 0 unspecified atom stereocenters. The minimum atomic E-state index is -0.118. The van der Waals surface area contributed by atoms with Gasteiger partial charge in [-0.05, 0) is 160 Å². The number of fused-ring (bicyclic) bond motifs is 2. The molecule has 0 bridgehead atoms. The normalized spacial score (nSPS) is 16.1. The first-order valence-electron chi connectivity index (χ1n) is 27.2. The van der Waals surface area contributed by atoms with Gasteiger partial charge in [0.05, 0.1) is 0 Å². The van der Waals surface area contributed by atoms with Gasteiger partial charge in [-0.1, -0.05) is 227 Å². The van der Waals surface area contributed by atoms with Crippen LogP contribution in [0.2, 0.25) is 0 Å². The van der Waals surface area contributed by atoms with E-state index in [-0.39, 0.29) is 27.8 Å². The molecule has 0 N–H and O–H groups in total. The molecule has 386 valence electrons. The Labute approximate surface area is 466 Å². The van der Waals surface area contributed by atoms with Crippen molar-refractivity contribution in [2.24, 2.45) is 5.92 Å². The fourth-order valence-electron chi connectivity index (χ4n) is 10.4. The van der Waals surface area contributed by atoms with Crippen LogP contribution in [0.15, 0.2) is 185 Å². The van der Waals surface area contributed by atoms with Crippen molar-refractivity contribution in [2.75, 3.05) is 0 Å². The van der Waals surface area contributed by atoms with E-state index < -0.39 is 0 Å². The van der Waals surface area contributed by atoms with Gasteiger partial charge in [0, 0.05) is 61.4 Å². The highest BCUT2D eigenvalue weighted by Crippen LogP contribution is 2.49. The van der Waals surface area contributed by atoms with Gasteiger partial charge in [-0.25, -0.2) is 0 Å². The summed E-state index contributed by atoms with van der Waals surface area (Å²) >= 11 is 6.22. The average molecular weight is 1060 g/mol. The molecule has 2 nitrogen and oxygen atoms in total. The number of ketones is 2. The predicted octanol–water partition coefficient (Wildman–Crippen LogP) is 21.0. The van der Waals surface area contributed by atoms with E-state index in [4.69, 9.17) is 0 Å². The fourth-order valence-corrected chi connectivity index (χ4v) is 14.2. The van der Waals surface area contributed by atoms with Crippen LogP contribution in [0.4, 0.5) is 0 Å². The van der Waals surface area contributed by atoms with Crippen molar-refractivity contribution < 1.29 is 9.59 Å². The van der Waals surface area contributed by atoms with Crippen LogP contribution >= 0.6 is 47.0 Å².